The molecule has 3 aromatic rings. The minimum Gasteiger partial charge on any atom is -0.358 e. The summed E-state index contributed by atoms with van der Waals surface area (Å²) in [5.74, 6) is -0.309. The van der Waals surface area contributed by atoms with Crippen molar-refractivity contribution in [3.8, 4) is 0 Å². The number of H-pyrrole nitrogens is 1. The van der Waals surface area contributed by atoms with Crippen LogP contribution >= 0.6 is 0 Å². The molecule has 0 unspecified atom stereocenters. The van der Waals surface area contributed by atoms with Crippen molar-refractivity contribution in [2.45, 2.75) is 25.6 Å². The standard InChI is InChI=1S/C19H18F2N2/c20-13-7-9-17-16(11-13)15-8-6-12(10-18(15)23-17)19(21)22-14-4-2-1-3-5-14/h1-5,7,9,11-12,19,22-23H,6,8,10H2/t12-,19+/m1/s1. The molecular formula is C19H18F2N2. The molecule has 2 atom stereocenters. The van der Waals surface area contributed by atoms with E-state index in [1.165, 1.54) is 6.07 Å². The molecule has 4 heteroatoms. The first-order chi connectivity index (χ1) is 11.2. The van der Waals surface area contributed by atoms with Crippen LogP contribution in [0.4, 0.5) is 14.5 Å². The zero-order chi connectivity index (χ0) is 15.8. The number of anilines is 1. The Hall–Kier alpha value is -2.36. The van der Waals surface area contributed by atoms with Crippen LogP contribution in [0.5, 0.6) is 0 Å². The maximum absolute atomic E-state index is 14.6. The predicted molar refractivity (Wildman–Crippen MR) is 88.7 cm³/mol. The predicted octanol–water partition coefficient (Wildman–Crippen LogP) is 4.82. The van der Waals surface area contributed by atoms with E-state index in [9.17, 15) is 8.78 Å². The van der Waals surface area contributed by atoms with Crippen molar-refractivity contribution in [3.63, 3.8) is 0 Å². The lowest BCUT2D eigenvalue weighted by Crippen LogP contribution is -2.29. The molecule has 2 aromatic carbocycles. The highest BCUT2D eigenvalue weighted by Crippen LogP contribution is 2.34. The Kier molecular flexibility index (Phi) is 3.52. The van der Waals surface area contributed by atoms with Crippen molar-refractivity contribution < 1.29 is 8.78 Å². The number of hydrogen-bond donors (Lipinski definition) is 2. The number of hydrogen-bond acceptors (Lipinski definition) is 1. The van der Waals surface area contributed by atoms with Crippen LogP contribution in [0.3, 0.4) is 0 Å². The largest absolute Gasteiger partial charge is 0.358 e. The highest BCUT2D eigenvalue weighted by Gasteiger charge is 2.28. The zero-order valence-electron chi connectivity index (χ0n) is 12.7. The van der Waals surface area contributed by atoms with Gasteiger partial charge in [-0.15, -0.1) is 0 Å². The SMILES string of the molecule is Fc1ccc2[nH]c3c(c2c1)CC[C@@H]([C@@H](F)Nc1ccccc1)C3. The third-order valence-corrected chi connectivity index (χ3v) is 4.68. The van der Waals surface area contributed by atoms with Gasteiger partial charge in [-0.25, -0.2) is 8.78 Å². The van der Waals surface area contributed by atoms with Gasteiger partial charge in [0.2, 0.25) is 0 Å². The van der Waals surface area contributed by atoms with Gasteiger partial charge in [0, 0.05) is 28.2 Å². The number of fused-ring (bicyclic) bond motifs is 3. The Bertz CT molecular complexity index is 826. The monoisotopic (exact) mass is 312 g/mol. The van der Waals surface area contributed by atoms with Crippen LogP contribution < -0.4 is 5.32 Å². The molecule has 1 aliphatic carbocycles. The molecule has 0 bridgehead atoms. The number of nitrogens with one attached hydrogen (secondary N) is 2. The van der Waals surface area contributed by atoms with E-state index in [2.05, 4.69) is 10.3 Å². The fourth-order valence-electron chi connectivity index (χ4n) is 3.49. The molecule has 0 amide bonds. The van der Waals surface area contributed by atoms with E-state index in [-0.39, 0.29) is 11.7 Å². The van der Waals surface area contributed by atoms with Crippen LogP contribution in [0, 0.1) is 11.7 Å². The van der Waals surface area contributed by atoms with Crippen LogP contribution in [0.1, 0.15) is 17.7 Å². The first-order valence-electron chi connectivity index (χ1n) is 7.95. The summed E-state index contributed by atoms with van der Waals surface area (Å²) in [6, 6.07) is 14.2. The Morgan fingerprint density at radius 1 is 1.13 bits per heavy atom. The average molecular weight is 312 g/mol. The fraction of sp³-hybridized carbons (Fsp3) is 0.263. The summed E-state index contributed by atoms with van der Waals surface area (Å²) in [5, 5.41) is 3.88. The molecule has 1 heterocycles. The normalized spacial score (nSPS) is 18.6. The highest BCUT2D eigenvalue weighted by atomic mass is 19.1. The molecule has 0 saturated heterocycles. The molecule has 0 fully saturated rings. The first kappa shape index (κ1) is 14.2. The average Bonchev–Trinajstić information content (AvgIpc) is 2.92. The summed E-state index contributed by atoms with van der Waals surface area (Å²) in [7, 11) is 0. The fourth-order valence-corrected chi connectivity index (χ4v) is 3.49. The van der Waals surface area contributed by atoms with Crippen molar-refractivity contribution in [3.05, 3.63) is 65.6 Å². The Balaban J connectivity index is 1.55. The van der Waals surface area contributed by atoms with E-state index in [4.69, 9.17) is 0 Å². The van der Waals surface area contributed by atoms with Crippen LogP contribution in [-0.2, 0) is 12.8 Å². The molecule has 4 rings (SSSR count). The number of aromatic amines is 1. The molecule has 0 radical (unpaired) electrons. The minimum atomic E-state index is -1.09. The number of aromatic nitrogens is 1. The lowest BCUT2D eigenvalue weighted by atomic mass is 9.86. The van der Waals surface area contributed by atoms with Gasteiger partial charge in [0.25, 0.3) is 0 Å². The van der Waals surface area contributed by atoms with Crippen molar-refractivity contribution in [2.24, 2.45) is 5.92 Å². The second kappa shape index (κ2) is 5.69. The summed E-state index contributed by atoms with van der Waals surface area (Å²) >= 11 is 0. The van der Waals surface area contributed by atoms with Crippen molar-refractivity contribution in [1.29, 1.82) is 0 Å². The third kappa shape index (κ3) is 2.69. The van der Waals surface area contributed by atoms with Crippen LogP contribution in [0.25, 0.3) is 10.9 Å². The number of halogens is 2. The van der Waals surface area contributed by atoms with E-state index in [0.29, 0.717) is 6.42 Å². The third-order valence-electron chi connectivity index (χ3n) is 4.68. The Morgan fingerprint density at radius 2 is 1.96 bits per heavy atom. The second-order valence-electron chi connectivity index (χ2n) is 6.19. The Morgan fingerprint density at radius 3 is 2.78 bits per heavy atom. The number of para-hydroxylation sites is 1. The van der Waals surface area contributed by atoms with Gasteiger partial charge in [0.15, 0.2) is 6.30 Å². The summed E-state index contributed by atoms with van der Waals surface area (Å²) in [4.78, 5) is 3.33. The van der Waals surface area contributed by atoms with Crippen LogP contribution in [0.15, 0.2) is 48.5 Å². The quantitative estimate of drug-likeness (QED) is 0.667. The lowest BCUT2D eigenvalue weighted by Gasteiger charge is -2.26. The topological polar surface area (TPSA) is 27.8 Å². The van der Waals surface area contributed by atoms with Gasteiger partial charge < -0.3 is 10.3 Å². The molecule has 2 N–H and O–H groups in total. The summed E-state index contributed by atoms with van der Waals surface area (Å²) in [6.07, 6.45) is 1.10. The molecule has 118 valence electrons. The number of rotatable bonds is 3. The highest BCUT2D eigenvalue weighted by molar-refractivity contribution is 5.85. The summed E-state index contributed by atoms with van der Waals surface area (Å²) in [6.45, 7) is 0. The van der Waals surface area contributed by atoms with E-state index < -0.39 is 6.30 Å². The smallest absolute Gasteiger partial charge is 0.173 e. The van der Waals surface area contributed by atoms with Crippen LogP contribution in [-0.4, -0.2) is 11.3 Å². The molecule has 23 heavy (non-hydrogen) atoms. The minimum absolute atomic E-state index is 0.0828. The second-order valence-corrected chi connectivity index (χ2v) is 6.19. The Labute approximate surface area is 133 Å². The van der Waals surface area contributed by atoms with Crippen molar-refractivity contribution >= 4 is 16.6 Å². The van der Waals surface area contributed by atoms with E-state index >= 15 is 0 Å². The molecule has 1 aliphatic rings. The maximum atomic E-state index is 14.6. The molecule has 0 saturated carbocycles. The van der Waals surface area contributed by atoms with Crippen LogP contribution in [0.2, 0.25) is 0 Å². The molecule has 0 aliphatic heterocycles. The zero-order valence-corrected chi connectivity index (χ0v) is 12.7. The van der Waals surface area contributed by atoms with Gasteiger partial charge in [-0.3, -0.25) is 0 Å². The number of benzene rings is 2. The molecule has 2 nitrogen and oxygen atoms in total. The van der Waals surface area contributed by atoms with E-state index in [1.54, 1.807) is 12.1 Å². The molecule has 1 aromatic heterocycles. The molecular weight excluding hydrogens is 294 g/mol. The number of alkyl halides is 1. The lowest BCUT2D eigenvalue weighted by molar-refractivity contribution is 0.236. The van der Waals surface area contributed by atoms with Crippen molar-refractivity contribution in [2.75, 3.05) is 5.32 Å². The van der Waals surface area contributed by atoms with E-state index in [0.717, 1.165) is 40.7 Å². The molecule has 0 spiro atoms. The first-order valence-corrected chi connectivity index (χ1v) is 7.95. The van der Waals surface area contributed by atoms with Gasteiger partial charge in [-0.2, -0.15) is 0 Å². The van der Waals surface area contributed by atoms with Gasteiger partial charge in [0.1, 0.15) is 5.82 Å². The van der Waals surface area contributed by atoms with Crippen molar-refractivity contribution in [1.82, 2.24) is 4.98 Å². The van der Waals surface area contributed by atoms with Gasteiger partial charge in [-0.1, -0.05) is 18.2 Å². The number of aryl methyl sites for hydroxylation is 1. The van der Waals surface area contributed by atoms with Gasteiger partial charge in [0.05, 0.1) is 0 Å². The van der Waals surface area contributed by atoms with Gasteiger partial charge in [-0.05, 0) is 55.2 Å². The maximum Gasteiger partial charge on any atom is 0.173 e. The summed E-state index contributed by atoms with van der Waals surface area (Å²) in [5.41, 5.74) is 3.91. The van der Waals surface area contributed by atoms with E-state index in [1.807, 2.05) is 30.3 Å². The van der Waals surface area contributed by atoms with Gasteiger partial charge >= 0.3 is 0 Å². The summed E-state index contributed by atoms with van der Waals surface area (Å²) < 4.78 is 28.1.